The van der Waals surface area contributed by atoms with Gasteiger partial charge in [-0.15, -0.1) is 0 Å². The molecule has 0 aliphatic rings. The van der Waals surface area contributed by atoms with Gasteiger partial charge in [0.05, 0.1) is 11.4 Å². The first kappa shape index (κ1) is 19.8. The van der Waals surface area contributed by atoms with Crippen molar-refractivity contribution in [3.63, 3.8) is 0 Å². The molecular weight excluding hydrogens is 352 g/mol. The lowest BCUT2D eigenvalue weighted by Crippen LogP contribution is -2.36. The molecule has 0 radical (unpaired) electrons. The van der Waals surface area contributed by atoms with E-state index in [0.29, 0.717) is 23.9 Å². The Bertz CT molecular complexity index is 1010. The second-order valence-electron chi connectivity index (χ2n) is 7.02. The van der Waals surface area contributed by atoms with Crippen LogP contribution in [0.3, 0.4) is 0 Å². The van der Waals surface area contributed by atoms with Crippen LogP contribution in [0.5, 0.6) is 0 Å². The Morgan fingerprint density at radius 2 is 1.71 bits per heavy atom. The standard InChI is InChI=1S/C22H26N4O2/c1-4-14-26-22(28)18-13-9-8-12-17(18)20(24-26)21(27)23-15-19(25(2)3)16-10-6-5-7-11-16/h5-13,19H,4,14-15H2,1-3H3,(H,23,27). The van der Waals surface area contributed by atoms with Gasteiger partial charge in [0.1, 0.15) is 0 Å². The summed E-state index contributed by atoms with van der Waals surface area (Å²) in [7, 11) is 3.97. The maximum atomic E-state index is 13.0. The molecule has 146 valence electrons. The van der Waals surface area contributed by atoms with Gasteiger partial charge in [0.2, 0.25) is 0 Å². The largest absolute Gasteiger partial charge is 0.349 e. The van der Waals surface area contributed by atoms with Crippen LogP contribution < -0.4 is 10.9 Å². The number of rotatable bonds is 7. The van der Waals surface area contributed by atoms with Crippen molar-refractivity contribution in [3.05, 3.63) is 76.2 Å². The maximum Gasteiger partial charge on any atom is 0.274 e. The fraction of sp³-hybridized carbons (Fsp3) is 0.318. The van der Waals surface area contributed by atoms with E-state index in [1.165, 1.54) is 4.68 Å². The predicted molar refractivity (Wildman–Crippen MR) is 111 cm³/mol. The topological polar surface area (TPSA) is 67.2 Å². The molecule has 2 aromatic carbocycles. The van der Waals surface area contributed by atoms with Crippen LogP contribution in [0, 0.1) is 0 Å². The summed E-state index contributed by atoms with van der Waals surface area (Å²) in [6.45, 7) is 2.90. The van der Waals surface area contributed by atoms with Crippen molar-refractivity contribution in [2.24, 2.45) is 0 Å². The lowest BCUT2D eigenvalue weighted by atomic mass is 10.1. The molecule has 1 heterocycles. The van der Waals surface area contributed by atoms with E-state index in [4.69, 9.17) is 0 Å². The number of carbonyl (C=O) groups excluding carboxylic acids is 1. The number of aromatic nitrogens is 2. The zero-order valence-corrected chi connectivity index (χ0v) is 16.6. The maximum absolute atomic E-state index is 13.0. The smallest absolute Gasteiger partial charge is 0.274 e. The first-order chi connectivity index (χ1) is 13.5. The molecule has 0 aliphatic heterocycles. The summed E-state index contributed by atoms with van der Waals surface area (Å²) < 4.78 is 1.39. The van der Waals surface area contributed by atoms with Crippen LogP contribution in [0.15, 0.2) is 59.4 Å². The van der Waals surface area contributed by atoms with E-state index in [2.05, 4.69) is 15.3 Å². The van der Waals surface area contributed by atoms with Crippen molar-refractivity contribution >= 4 is 16.7 Å². The minimum atomic E-state index is -0.274. The molecule has 0 aliphatic carbocycles. The van der Waals surface area contributed by atoms with Crippen molar-refractivity contribution in [1.29, 1.82) is 0 Å². The number of benzene rings is 2. The molecule has 0 fully saturated rings. The van der Waals surface area contributed by atoms with Gasteiger partial charge in [0.15, 0.2) is 5.69 Å². The zero-order valence-electron chi connectivity index (χ0n) is 16.6. The molecule has 1 N–H and O–H groups in total. The summed E-state index contributed by atoms with van der Waals surface area (Å²) in [5.74, 6) is -0.274. The van der Waals surface area contributed by atoms with E-state index in [0.717, 1.165) is 12.0 Å². The molecule has 0 saturated carbocycles. The fourth-order valence-corrected chi connectivity index (χ4v) is 3.31. The van der Waals surface area contributed by atoms with Crippen molar-refractivity contribution in [2.75, 3.05) is 20.6 Å². The molecule has 1 atom stereocenters. The van der Waals surface area contributed by atoms with Crippen LogP contribution >= 0.6 is 0 Å². The van der Waals surface area contributed by atoms with E-state index in [1.807, 2.05) is 57.4 Å². The van der Waals surface area contributed by atoms with Crippen LogP contribution in [0.4, 0.5) is 0 Å². The van der Waals surface area contributed by atoms with Crippen LogP contribution in [0.1, 0.15) is 35.4 Å². The van der Waals surface area contributed by atoms with Crippen molar-refractivity contribution < 1.29 is 4.79 Å². The molecule has 3 rings (SSSR count). The van der Waals surface area contributed by atoms with Crippen molar-refractivity contribution in [2.45, 2.75) is 25.9 Å². The number of likely N-dealkylation sites (N-methyl/N-ethyl adjacent to an activating group) is 1. The Hall–Kier alpha value is -2.99. The number of aryl methyl sites for hydroxylation is 1. The molecule has 6 nitrogen and oxygen atoms in total. The Morgan fingerprint density at radius 1 is 1.07 bits per heavy atom. The summed E-state index contributed by atoms with van der Waals surface area (Å²) >= 11 is 0. The van der Waals surface area contributed by atoms with Gasteiger partial charge in [-0.05, 0) is 32.1 Å². The van der Waals surface area contributed by atoms with Crippen LogP contribution in [0.25, 0.3) is 10.8 Å². The second-order valence-corrected chi connectivity index (χ2v) is 7.02. The van der Waals surface area contributed by atoms with Crippen molar-refractivity contribution in [1.82, 2.24) is 20.0 Å². The number of hydrogen-bond acceptors (Lipinski definition) is 4. The highest BCUT2D eigenvalue weighted by atomic mass is 16.2. The molecule has 1 unspecified atom stereocenters. The average molecular weight is 378 g/mol. The number of carbonyl (C=O) groups is 1. The molecule has 1 aromatic heterocycles. The van der Waals surface area contributed by atoms with Gasteiger partial charge in [-0.3, -0.25) is 9.59 Å². The summed E-state index contributed by atoms with van der Waals surface area (Å²) in [6.07, 6.45) is 0.767. The lowest BCUT2D eigenvalue weighted by molar-refractivity contribution is 0.0936. The Labute approximate surface area is 164 Å². The minimum Gasteiger partial charge on any atom is -0.349 e. The van der Waals surface area contributed by atoms with E-state index < -0.39 is 0 Å². The Balaban J connectivity index is 1.91. The predicted octanol–water partition coefficient (Wildman–Crippen LogP) is 2.84. The van der Waals surface area contributed by atoms with Gasteiger partial charge in [0, 0.05) is 18.5 Å². The number of amides is 1. The highest BCUT2D eigenvalue weighted by Crippen LogP contribution is 2.18. The number of hydrogen-bond donors (Lipinski definition) is 1. The quantitative estimate of drug-likeness (QED) is 0.687. The van der Waals surface area contributed by atoms with E-state index in [9.17, 15) is 9.59 Å². The normalized spacial score (nSPS) is 12.3. The molecule has 1 amide bonds. The van der Waals surface area contributed by atoms with Gasteiger partial charge in [0.25, 0.3) is 11.5 Å². The van der Waals surface area contributed by atoms with Crippen LogP contribution in [-0.4, -0.2) is 41.2 Å². The van der Waals surface area contributed by atoms with E-state index in [1.54, 1.807) is 18.2 Å². The third-order valence-corrected chi connectivity index (χ3v) is 4.78. The number of fused-ring (bicyclic) bond motifs is 1. The third-order valence-electron chi connectivity index (χ3n) is 4.78. The zero-order chi connectivity index (χ0) is 20.1. The Kier molecular flexibility index (Phi) is 6.21. The highest BCUT2D eigenvalue weighted by Gasteiger charge is 2.19. The molecule has 0 saturated heterocycles. The summed E-state index contributed by atoms with van der Waals surface area (Å²) in [6, 6.07) is 17.2. The molecule has 28 heavy (non-hydrogen) atoms. The van der Waals surface area contributed by atoms with E-state index >= 15 is 0 Å². The van der Waals surface area contributed by atoms with Gasteiger partial charge >= 0.3 is 0 Å². The average Bonchev–Trinajstić information content (AvgIpc) is 2.71. The van der Waals surface area contributed by atoms with Gasteiger partial charge in [-0.1, -0.05) is 55.5 Å². The minimum absolute atomic E-state index is 0.0398. The first-order valence-corrected chi connectivity index (χ1v) is 9.52. The van der Waals surface area contributed by atoms with Gasteiger partial charge in [-0.2, -0.15) is 5.10 Å². The van der Waals surface area contributed by atoms with Crippen LogP contribution in [0.2, 0.25) is 0 Å². The molecule has 3 aromatic rings. The van der Waals surface area contributed by atoms with Crippen molar-refractivity contribution in [3.8, 4) is 0 Å². The molecule has 0 spiro atoms. The van der Waals surface area contributed by atoms with Gasteiger partial charge < -0.3 is 10.2 Å². The highest BCUT2D eigenvalue weighted by molar-refractivity contribution is 6.04. The summed E-state index contributed by atoms with van der Waals surface area (Å²) in [5, 5.41) is 8.46. The third kappa shape index (κ3) is 4.12. The first-order valence-electron chi connectivity index (χ1n) is 9.52. The number of nitrogens with zero attached hydrogens (tertiary/aromatic N) is 3. The SMILES string of the molecule is CCCn1nc(C(=O)NCC(c2ccccc2)N(C)C)c2ccccc2c1=O. The summed E-state index contributed by atoms with van der Waals surface area (Å²) in [4.78, 5) is 27.6. The lowest BCUT2D eigenvalue weighted by Gasteiger charge is -2.25. The van der Waals surface area contributed by atoms with E-state index in [-0.39, 0.29) is 23.2 Å². The van der Waals surface area contributed by atoms with Gasteiger partial charge in [-0.25, -0.2) is 4.68 Å². The number of nitrogens with one attached hydrogen (secondary N) is 1. The molecule has 6 heteroatoms. The second kappa shape index (κ2) is 8.80. The fourth-order valence-electron chi connectivity index (χ4n) is 3.31. The Morgan fingerprint density at radius 3 is 2.36 bits per heavy atom. The summed E-state index contributed by atoms with van der Waals surface area (Å²) in [5.41, 5.74) is 1.25. The monoisotopic (exact) mass is 378 g/mol. The van der Waals surface area contributed by atoms with Crippen LogP contribution in [-0.2, 0) is 6.54 Å². The molecule has 0 bridgehead atoms. The molecular formula is C22H26N4O2.